The van der Waals surface area contributed by atoms with E-state index >= 15 is 0 Å². The largest absolute Gasteiger partial charge is 0.388 e. The molecule has 0 amide bonds. The molecule has 2 nitrogen and oxygen atoms in total. The zero-order valence-electron chi connectivity index (χ0n) is 16.7. The highest BCUT2D eigenvalue weighted by atomic mass is 16.3. The van der Waals surface area contributed by atoms with Gasteiger partial charge in [0.15, 0.2) is 0 Å². The van der Waals surface area contributed by atoms with Crippen LogP contribution < -0.4 is 5.32 Å². The van der Waals surface area contributed by atoms with Crippen LogP contribution in [0.15, 0.2) is 66.7 Å². The van der Waals surface area contributed by atoms with E-state index in [1.165, 1.54) is 22.4 Å². The van der Waals surface area contributed by atoms with Crippen LogP contribution in [0.5, 0.6) is 0 Å². The standard InChI is InChI=1S/C25H29NO/c1-17-14-19(3)24(20(4)15-17)26-16-23(21-11-6-5-7-12-21)25(27)22-13-9-8-10-18(22)2/h5-15,23,25-27H,16H2,1-4H3. The Labute approximate surface area is 162 Å². The second-order valence-corrected chi connectivity index (χ2v) is 7.47. The minimum Gasteiger partial charge on any atom is -0.388 e. The van der Waals surface area contributed by atoms with Crippen molar-refractivity contribution in [3.8, 4) is 0 Å². The molecule has 3 aromatic carbocycles. The number of aliphatic hydroxyl groups excluding tert-OH is 1. The van der Waals surface area contributed by atoms with E-state index in [2.05, 4.69) is 63.3 Å². The third-order valence-electron chi connectivity index (χ3n) is 5.29. The van der Waals surface area contributed by atoms with Crippen molar-refractivity contribution in [2.45, 2.75) is 39.7 Å². The molecule has 2 heteroatoms. The van der Waals surface area contributed by atoms with Crippen molar-refractivity contribution >= 4 is 5.69 Å². The van der Waals surface area contributed by atoms with Gasteiger partial charge in [-0.1, -0.05) is 72.3 Å². The predicted octanol–water partition coefficient (Wildman–Crippen LogP) is 5.85. The van der Waals surface area contributed by atoms with Crippen LogP contribution >= 0.6 is 0 Å². The number of rotatable bonds is 6. The summed E-state index contributed by atoms with van der Waals surface area (Å²) >= 11 is 0. The molecular formula is C25H29NO. The Kier molecular flexibility index (Phi) is 5.98. The second-order valence-electron chi connectivity index (χ2n) is 7.47. The molecule has 2 unspecified atom stereocenters. The molecule has 0 saturated carbocycles. The van der Waals surface area contributed by atoms with E-state index in [9.17, 15) is 5.11 Å². The Bertz CT molecular complexity index is 878. The van der Waals surface area contributed by atoms with Gasteiger partial charge >= 0.3 is 0 Å². The van der Waals surface area contributed by atoms with Crippen LogP contribution in [0.3, 0.4) is 0 Å². The quantitative estimate of drug-likeness (QED) is 0.578. The van der Waals surface area contributed by atoms with Crippen molar-refractivity contribution in [1.29, 1.82) is 0 Å². The number of aliphatic hydroxyl groups is 1. The lowest BCUT2D eigenvalue weighted by Gasteiger charge is -2.27. The Hall–Kier alpha value is -2.58. The van der Waals surface area contributed by atoms with Crippen LogP contribution in [0.2, 0.25) is 0 Å². The fraction of sp³-hybridized carbons (Fsp3) is 0.280. The van der Waals surface area contributed by atoms with Crippen LogP contribution in [0.1, 0.15) is 45.4 Å². The monoisotopic (exact) mass is 359 g/mol. The smallest absolute Gasteiger partial charge is 0.0878 e. The molecular weight excluding hydrogens is 330 g/mol. The van der Waals surface area contributed by atoms with Crippen molar-refractivity contribution in [3.05, 3.63) is 100 Å². The fourth-order valence-corrected chi connectivity index (χ4v) is 3.92. The van der Waals surface area contributed by atoms with Gasteiger partial charge in [-0.05, 0) is 55.5 Å². The first kappa shape index (κ1) is 19.2. The van der Waals surface area contributed by atoms with Crippen LogP contribution in [-0.2, 0) is 0 Å². The summed E-state index contributed by atoms with van der Waals surface area (Å²) in [5.41, 5.74) is 8.17. The summed E-state index contributed by atoms with van der Waals surface area (Å²) in [6, 6.07) is 22.8. The number of aryl methyl sites for hydroxylation is 4. The molecule has 3 rings (SSSR count). The van der Waals surface area contributed by atoms with E-state index in [0.29, 0.717) is 6.54 Å². The molecule has 0 saturated heterocycles. The van der Waals surface area contributed by atoms with Gasteiger partial charge in [-0.3, -0.25) is 0 Å². The van der Waals surface area contributed by atoms with Crippen LogP contribution in [0, 0.1) is 27.7 Å². The first-order valence-electron chi connectivity index (χ1n) is 9.57. The number of benzene rings is 3. The Morgan fingerprint density at radius 3 is 2.00 bits per heavy atom. The average Bonchev–Trinajstić information content (AvgIpc) is 2.64. The summed E-state index contributed by atoms with van der Waals surface area (Å²) < 4.78 is 0. The lowest BCUT2D eigenvalue weighted by atomic mass is 9.87. The summed E-state index contributed by atoms with van der Waals surface area (Å²) in [7, 11) is 0. The van der Waals surface area contributed by atoms with Crippen molar-refractivity contribution in [3.63, 3.8) is 0 Å². The van der Waals surface area contributed by atoms with Gasteiger partial charge in [0, 0.05) is 18.2 Å². The van der Waals surface area contributed by atoms with E-state index in [0.717, 1.165) is 16.7 Å². The molecule has 140 valence electrons. The lowest BCUT2D eigenvalue weighted by molar-refractivity contribution is 0.148. The Morgan fingerprint density at radius 2 is 1.37 bits per heavy atom. The topological polar surface area (TPSA) is 32.3 Å². The highest BCUT2D eigenvalue weighted by Gasteiger charge is 2.24. The zero-order valence-corrected chi connectivity index (χ0v) is 16.7. The van der Waals surface area contributed by atoms with Gasteiger partial charge in [0.2, 0.25) is 0 Å². The lowest BCUT2D eigenvalue weighted by Crippen LogP contribution is -2.21. The number of nitrogens with one attached hydrogen (secondary N) is 1. The predicted molar refractivity (Wildman–Crippen MR) is 114 cm³/mol. The summed E-state index contributed by atoms with van der Waals surface area (Å²) in [5.74, 6) is -0.0348. The van der Waals surface area contributed by atoms with Crippen molar-refractivity contribution < 1.29 is 5.11 Å². The SMILES string of the molecule is Cc1cc(C)c(NCC(c2ccccc2)C(O)c2ccccc2C)c(C)c1. The summed E-state index contributed by atoms with van der Waals surface area (Å²) in [4.78, 5) is 0. The molecule has 0 fully saturated rings. The average molecular weight is 360 g/mol. The third-order valence-corrected chi connectivity index (χ3v) is 5.29. The summed E-state index contributed by atoms with van der Waals surface area (Å²) in [5, 5.41) is 14.9. The number of hydrogen-bond acceptors (Lipinski definition) is 2. The first-order chi connectivity index (χ1) is 13.0. The van der Waals surface area contributed by atoms with Crippen molar-refractivity contribution in [2.75, 3.05) is 11.9 Å². The maximum absolute atomic E-state index is 11.2. The zero-order chi connectivity index (χ0) is 19.4. The minimum absolute atomic E-state index is 0.0348. The number of anilines is 1. The van der Waals surface area contributed by atoms with Gasteiger partial charge in [-0.25, -0.2) is 0 Å². The van der Waals surface area contributed by atoms with Crippen LogP contribution in [-0.4, -0.2) is 11.7 Å². The molecule has 0 spiro atoms. The maximum Gasteiger partial charge on any atom is 0.0878 e. The molecule has 3 aromatic rings. The van der Waals surface area contributed by atoms with E-state index in [1.54, 1.807) is 0 Å². The molecule has 0 aliphatic heterocycles. The normalized spacial score (nSPS) is 13.2. The van der Waals surface area contributed by atoms with Crippen LogP contribution in [0.4, 0.5) is 5.69 Å². The summed E-state index contributed by atoms with van der Waals surface area (Å²) in [6.45, 7) is 9.13. The Balaban J connectivity index is 1.91. The maximum atomic E-state index is 11.2. The molecule has 0 radical (unpaired) electrons. The molecule has 0 aromatic heterocycles. The van der Waals surface area contributed by atoms with E-state index in [4.69, 9.17) is 0 Å². The van der Waals surface area contributed by atoms with Crippen LogP contribution in [0.25, 0.3) is 0 Å². The van der Waals surface area contributed by atoms with Gasteiger partial charge in [-0.15, -0.1) is 0 Å². The fourth-order valence-electron chi connectivity index (χ4n) is 3.92. The van der Waals surface area contributed by atoms with Gasteiger partial charge in [0.1, 0.15) is 0 Å². The van der Waals surface area contributed by atoms with E-state index in [-0.39, 0.29) is 5.92 Å². The molecule has 27 heavy (non-hydrogen) atoms. The Morgan fingerprint density at radius 1 is 0.778 bits per heavy atom. The molecule has 0 bridgehead atoms. The van der Waals surface area contributed by atoms with E-state index < -0.39 is 6.10 Å². The van der Waals surface area contributed by atoms with Crippen molar-refractivity contribution in [1.82, 2.24) is 0 Å². The first-order valence-corrected chi connectivity index (χ1v) is 9.57. The summed E-state index contributed by atoms with van der Waals surface area (Å²) in [6.07, 6.45) is -0.563. The molecule has 0 aliphatic rings. The van der Waals surface area contributed by atoms with Gasteiger partial charge in [0.05, 0.1) is 6.10 Å². The van der Waals surface area contributed by atoms with E-state index in [1.807, 2.05) is 36.4 Å². The highest BCUT2D eigenvalue weighted by Crippen LogP contribution is 2.33. The second kappa shape index (κ2) is 8.41. The molecule has 0 heterocycles. The minimum atomic E-state index is -0.563. The van der Waals surface area contributed by atoms with Gasteiger partial charge < -0.3 is 10.4 Å². The molecule has 2 N–H and O–H groups in total. The number of hydrogen-bond donors (Lipinski definition) is 2. The van der Waals surface area contributed by atoms with Gasteiger partial charge in [-0.2, -0.15) is 0 Å². The molecule has 0 aliphatic carbocycles. The van der Waals surface area contributed by atoms with Gasteiger partial charge in [0.25, 0.3) is 0 Å². The highest BCUT2D eigenvalue weighted by molar-refractivity contribution is 5.58. The third kappa shape index (κ3) is 4.40. The molecule has 2 atom stereocenters. The van der Waals surface area contributed by atoms with Crippen molar-refractivity contribution in [2.24, 2.45) is 0 Å².